The van der Waals surface area contributed by atoms with E-state index in [0.29, 0.717) is 10.7 Å². The Morgan fingerprint density at radius 2 is 1.89 bits per heavy atom. The Bertz CT molecular complexity index is 540. The number of benzene rings is 1. The second-order valence-electron chi connectivity index (χ2n) is 4.09. The molecule has 4 heteroatoms. The molecule has 3 nitrogen and oxygen atoms in total. The van der Waals surface area contributed by atoms with Crippen LogP contribution in [0.15, 0.2) is 48.5 Å². The smallest absolute Gasteiger partial charge is 0.129 e. The molecule has 2 rings (SSSR count). The quantitative estimate of drug-likeness (QED) is 0.854. The average molecular weight is 257 g/mol. The average Bonchev–Trinajstić information content (AvgIpc) is 2.40. The summed E-state index contributed by atoms with van der Waals surface area (Å²) in [6.45, 7) is 0.800. The van der Waals surface area contributed by atoms with E-state index in [-0.39, 0.29) is 0 Å². The highest BCUT2D eigenvalue weighted by Crippen LogP contribution is 2.13. The normalized spacial score (nSPS) is 10.1. The highest BCUT2D eigenvalue weighted by Gasteiger charge is 2.05. The van der Waals surface area contributed by atoms with E-state index >= 15 is 0 Å². The number of pyridine rings is 1. The van der Waals surface area contributed by atoms with Crippen LogP contribution in [0.5, 0.6) is 0 Å². The van der Waals surface area contributed by atoms with E-state index in [0.717, 1.165) is 12.4 Å². The summed E-state index contributed by atoms with van der Waals surface area (Å²) in [5.74, 6) is 0.865. The van der Waals surface area contributed by atoms with Gasteiger partial charge in [-0.15, -0.1) is 0 Å². The molecule has 1 aromatic carbocycles. The fourth-order valence-electron chi connectivity index (χ4n) is 1.71. The van der Waals surface area contributed by atoms with Crippen LogP contribution in [-0.2, 0) is 6.54 Å². The zero-order valence-electron chi connectivity index (χ0n) is 10.2. The number of aromatic nitrogens is 1. The van der Waals surface area contributed by atoms with Crippen molar-refractivity contribution in [3.63, 3.8) is 0 Å². The summed E-state index contributed by atoms with van der Waals surface area (Å²) in [5, 5.41) is 0. The number of hydrogen-bond donors (Lipinski definition) is 1. The lowest BCUT2D eigenvalue weighted by Crippen LogP contribution is -2.19. The van der Waals surface area contributed by atoms with Crippen molar-refractivity contribution in [1.82, 2.24) is 4.98 Å². The molecule has 0 aliphatic heterocycles. The van der Waals surface area contributed by atoms with E-state index in [2.05, 4.69) is 22.0 Å². The van der Waals surface area contributed by atoms with Gasteiger partial charge in [0.15, 0.2) is 0 Å². The third-order valence-electron chi connectivity index (χ3n) is 2.64. The number of thiocarbonyl (C=S) groups is 1. The fraction of sp³-hybridized carbons (Fsp3) is 0.143. The Balaban J connectivity index is 2.16. The topological polar surface area (TPSA) is 42.1 Å². The molecule has 0 unspecified atom stereocenters. The van der Waals surface area contributed by atoms with Crippen LogP contribution < -0.4 is 10.6 Å². The summed E-state index contributed by atoms with van der Waals surface area (Å²) >= 11 is 4.93. The van der Waals surface area contributed by atoms with Crippen molar-refractivity contribution < 1.29 is 0 Å². The predicted molar refractivity (Wildman–Crippen MR) is 78.7 cm³/mol. The first-order chi connectivity index (χ1) is 8.66. The van der Waals surface area contributed by atoms with Gasteiger partial charge < -0.3 is 10.6 Å². The van der Waals surface area contributed by atoms with Crippen LogP contribution in [-0.4, -0.2) is 17.0 Å². The number of rotatable bonds is 4. The first-order valence-electron chi connectivity index (χ1n) is 5.69. The zero-order chi connectivity index (χ0) is 13.0. The number of nitrogens with zero attached hydrogens (tertiary/aromatic N) is 2. The first-order valence-corrected chi connectivity index (χ1v) is 6.09. The van der Waals surface area contributed by atoms with Crippen molar-refractivity contribution in [2.45, 2.75) is 6.54 Å². The molecule has 0 amide bonds. The number of hydrogen-bond acceptors (Lipinski definition) is 3. The minimum atomic E-state index is 0.324. The van der Waals surface area contributed by atoms with Crippen molar-refractivity contribution in [2.24, 2.45) is 5.73 Å². The van der Waals surface area contributed by atoms with Crippen LogP contribution in [0.4, 0.5) is 5.82 Å². The second kappa shape index (κ2) is 5.60. The molecule has 0 bridgehead atoms. The van der Waals surface area contributed by atoms with Crippen molar-refractivity contribution in [1.29, 1.82) is 0 Å². The molecule has 0 fully saturated rings. The maximum atomic E-state index is 5.59. The summed E-state index contributed by atoms with van der Waals surface area (Å²) in [6, 6.07) is 15.9. The number of anilines is 1. The van der Waals surface area contributed by atoms with Gasteiger partial charge in [-0.25, -0.2) is 4.98 Å². The Morgan fingerprint density at radius 1 is 1.17 bits per heavy atom. The first kappa shape index (κ1) is 12.5. The lowest BCUT2D eigenvalue weighted by molar-refractivity contribution is 0.897. The third kappa shape index (κ3) is 3.05. The molecule has 2 aromatic rings. The molecule has 0 radical (unpaired) electrons. The molecule has 0 saturated carbocycles. The Kier molecular flexibility index (Phi) is 3.89. The van der Waals surface area contributed by atoms with Crippen molar-refractivity contribution in [3.05, 3.63) is 59.8 Å². The van der Waals surface area contributed by atoms with E-state index in [9.17, 15) is 0 Å². The molecule has 2 N–H and O–H groups in total. The van der Waals surface area contributed by atoms with E-state index < -0.39 is 0 Å². The molecule has 18 heavy (non-hydrogen) atoms. The summed E-state index contributed by atoms with van der Waals surface area (Å²) in [7, 11) is 2.00. The summed E-state index contributed by atoms with van der Waals surface area (Å²) in [5.41, 5.74) is 7.48. The molecule has 0 aliphatic carbocycles. The summed E-state index contributed by atoms with van der Waals surface area (Å²) < 4.78 is 0. The Labute approximate surface area is 112 Å². The van der Waals surface area contributed by atoms with Crippen LogP contribution in [0.1, 0.15) is 11.3 Å². The summed E-state index contributed by atoms with van der Waals surface area (Å²) in [6.07, 6.45) is 0. The SMILES string of the molecule is CN(Cc1ccccc1)c1cccc(C(N)=S)n1. The molecule has 1 heterocycles. The molecular formula is C14H15N3S. The zero-order valence-corrected chi connectivity index (χ0v) is 11.0. The largest absolute Gasteiger partial charge is 0.388 e. The van der Waals surface area contributed by atoms with Crippen LogP contribution in [0.3, 0.4) is 0 Å². The van der Waals surface area contributed by atoms with Gasteiger partial charge >= 0.3 is 0 Å². The molecular weight excluding hydrogens is 242 g/mol. The Hall–Kier alpha value is -1.94. The summed E-state index contributed by atoms with van der Waals surface area (Å²) in [4.78, 5) is 6.82. The molecule has 1 aromatic heterocycles. The van der Waals surface area contributed by atoms with Crippen LogP contribution >= 0.6 is 12.2 Å². The van der Waals surface area contributed by atoms with E-state index in [4.69, 9.17) is 18.0 Å². The van der Waals surface area contributed by atoms with Gasteiger partial charge in [-0.05, 0) is 17.7 Å². The molecule has 0 saturated heterocycles. The molecule has 92 valence electrons. The molecule has 0 aliphatic rings. The van der Waals surface area contributed by atoms with E-state index in [1.165, 1.54) is 5.56 Å². The highest BCUT2D eigenvalue weighted by molar-refractivity contribution is 7.80. The third-order valence-corrected chi connectivity index (χ3v) is 2.85. The minimum Gasteiger partial charge on any atom is -0.388 e. The molecule has 0 spiro atoms. The standard InChI is InChI=1S/C14H15N3S/c1-17(10-11-6-3-2-4-7-11)13-9-5-8-12(16-13)14(15)18/h2-9H,10H2,1H3,(H2,15,18). The van der Waals surface area contributed by atoms with E-state index in [1.54, 1.807) is 0 Å². The maximum Gasteiger partial charge on any atom is 0.129 e. The van der Waals surface area contributed by atoms with Crippen LogP contribution in [0.25, 0.3) is 0 Å². The highest BCUT2D eigenvalue weighted by atomic mass is 32.1. The maximum absolute atomic E-state index is 5.59. The lowest BCUT2D eigenvalue weighted by Gasteiger charge is -2.18. The van der Waals surface area contributed by atoms with Gasteiger partial charge in [0.25, 0.3) is 0 Å². The monoisotopic (exact) mass is 257 g/mol. The van der Waals surface area contributed by atoms with Gasteiger partial charge in [-0.3, -0.25) is 0 Å². The Morgan fingerprint density at radius 3 is 2.56 bits per heavy atom. The minimum absolute atomic E-state index is 0.324. The van der Waals surface area contributed by atoms with Gasteiger partial charge in [-0.1, -0.05) is 48.6 Å². The van der Waals surface area contributed by atoms with E-state index in [1.807, 2.05) is 43.4 Å². The van der Waals surface area contributed by atoms with Gasteiger partial charge in [0.1, 0.15) is 10.8 Å². The van der Waals surface area contributed by atoms with Gasteiger partial charge in [-0.2, -0.15) is 0 Å². The van der Waals surface area contributed by atoms with Crippen LogP contribution in [0, 0.1) is 0 Å². The predicted octanol–water partition coefficient (Wildman–Crippen LogP) is 2.35. The fourth-order valence-corrected chi connectivity index (χ4v) is 1.83. The van der Waals surface area contributed by atoms with Gasteiger partial charge in [0, 0.05) is 13.6 Å². The van der Waals surface area contributed by atoms with Crippen molar-refractivity contribution in [2.75, 3.05) is 11.9 Å². The second-order valence-corrected chi connectivity index (χ2v) is 4.53. The van der Waals surface area contributed by atoms with Crippen molar-refractivity contribution >= 4 is 23.0 Å². The number of nitrogens with two attached hydrogens (primary N) is 1. The van der Waals surface area contributed by atoms with Gasteiger partial charge in [0.2, 0.25) is 0 Å². The van der Waals surface area contributed by atoms with Crippen molar-refractivity contribution in [3.8, 4) is 0 Å². The van der Waals surface area contributed by atoms with Gasteiger partial charge in [0.05, 0.1) is 5.69 Å². The molecule has 0 atom stereocenters. The lowest BCUT2D eigenvalue weighted by atomic mass is 10.2. The van der Waals surface area contributed by atoms with Crippen LogP contribution in [0.2, 0.25) is 0 Å².